The van der Waals surface area contributed by atoms with E-state index in [1.807, 2.05) is 13.8 Å². The number of pyridine rings is 1. The molecule has 1 amide bonds. The van der Waals surface area contributed by atoms with Gasteiger partial charge in [0, 0.05) is 24.5 Å². The fourth-order valence-electron chi connectivity index (χ4n) is 1.64. The van der Waals surface area contributed by atoms with Gasteiger partial charge < -0.3 is 15.7 Å². The predicted molar refractivity (Wildman–Crippen MR) is 72.2 cm³/mol. The summed E-state index contributed by atoms with van der Waals surface area (Å²) in [5.74, 6) is -1.09. The number of amides is 1. The van der Waals surface area contributed by atoms with Crippen molar-refractivity contribution in [2.75, 3.05) is 11.9 Å². The molecule has 1 atom stereocenters. The van der Waals surface area contributed by atoms with Crippen LogP contribution in [-0.4, -0.2) is 34.6 Å². The highest BCUT2D eigenvalue weighted by molar-refractivity contribution is 5.93. The smallest absolute Gasteiger partial charge is 0.305 e. The summed E-state index contributed by atoms with van der Waals surface area (Å²) in [6.07, 6.45) is 2.25. The van der Waals surface area contributed by atoms with E-state index in [-0.39, 0.29) is 18.4 Å². The first kappa shape index (κ1) is 14.9. The second-order valence-electron chi connectivity index (χ2n) is 4.14. The van der Waals surface area contributed by atoms with E-state index >= 15 is 0 Å². The van der Waals surface area contributed by atoms with Gasteiger partial charge in [-0.2, -0.15) is 0 Å². The summed E-state index contributed by atoms with van der Waals surface area (Å²) in [5, 5.41) is 14.6. The number of carbonyl (C=O) groups excluding carboxylic acids is 1. The minimum Gasteiger partial charge on any atom is -0.481 e. The van der Waals surface area contributed by atoms with Crippen LogP contribution in [0.4, 0.5) is 5.69 Å². The number of rotatable bonds is 7. The van der Waals surface area contributed by atoms with E-state index in [4.69, 9.17) is 5.11 Å². The lowest BCUT2D eigenvalue weighted by molar-refractivity contribution is -0.137. The Hall–Kier alpha value is -2.11. The maximum Gasteiger partial charge on any atom is 0.305 e. The average Bonchev–Trinajstić information content (AvgIpc) is 2.38. The highest BCUT2D eigenvalue weighted by atomic mass is 16.4. The van der Waals surface area contributed by atoms with Crippen LogP contribution in [-0.2, 0) is 4.79 Å². The molecule has 1 heterocycles. The summed E-state index contributed by atoms with van der Waals surface area (Å²) in [6.45, 7) is 4.28. The molecule has 0 radical (unpaired) electrons. The van der Waals surface area contributed by atoms with Crippen LogP contribution in [0.15, 0.2) is 18.3 Å². The van der Waals surface area contributed by atoms with Gasteiger partial charge in [0.1, 0.15) is 5.69 Å². The quantitative estimate of drug-likeness (QED) is 0.695. The molecule has 0 saturated carbocycles. The average molecular weight is 265 g/mol. The van der Waals surface area contributed by atoms with Gasteiger partial charge in [0.2, 0.25) is 0 Å². The molecule has 0 fully saturated rings. The summed E-state index contributed by atoms with van der Waals surface area (Å²) in [6, 6.07) is 3.17. The van der Waals surface area contributed by atoms with Crippen molar-refractivity contribution in [1.82, 2.24) is 10.3 Å². The minimum atomic E-state index is -0.850. The van der Waals surface area contributed by atoms with Crippen LogP contribution in [0.1, 0.15) is 37.2 Å². The summed E-state index contributed by atoms with van der Waals surface area (Å²) in [4.78, 5) is 26.3. The van der Waals surface area contributed by atoms with Gasteiger partial charge in [-0.15, -0.1) is 0 Å². The Labute approximate surface area is 112 Å². The molecule has 6 nitrogen and oxygen atoms in total. The summed E-state index contributed by atoms with van der Waals surface area (Å²) >= 11 is 0. The Kier molecular flexibility index (Phi) is 5.78. The molecule has 0 bridgehead atoms. The summed E-state index contributed by atoms with van der Waals surface area (Å²) in [7, 11) is 0. The van der Waals surface area contributed by atoms with Crippen LogP contribution >= 0.6 is 0 Å². The van der Waals surface area contributed by atoms with Crippen molar-refractivity contribution in [3.8, 4) is 0 Å². The fourth-order valence-corrected chi connectivity index (χ4v) is 1.64. The number of anilines is 1. The van der Waals surface area contributed by atoms with E-state index in [9.17, 15) is 9.59 Å². The van der Waals surface area contributed by atoms with Gasteiger partial charge in [0.25, 0.3) is 5.91 Å². The molecule has 0 spiro atoms. The summed E-state index contributed by atoms with van der Waals surface area (Å²) in [5.41, 5.74) is 1.02. The molecule has 1 aromatic heterocycles. The number of carbonyl (C=O) groups is 2. The van der Waals surface area contributed by atoms with Gasteiger partial charge in [-0.1, -0.05) is 6.92 Å². The molecule has 0 saturated heterocycles. The Morgan fingerprint density at radius 3 is 2.74 bits per heavy atom. The highest BCUT2D eigenvalue weighted by Crippen LogP contribution is 2.12. The standard InChI is InChI=1S/C13H19N3O3/c1-3-9(8-12(17)18)16-10-5-6-15-11(7-10)13(19)14-4-2/h5-7,9H,3-4,8H2,1-2H3,(H,14,19)(H,15,16)(H,17,18). The monoisotopic (exact) mass is 265 g/mol. The number of hydrogen-bond donors (Lipinski definition) is 3. The second kappa shape index (κ2) is 7.35. The molecule has 1 aromatic rings. The van der Waals surface area contributed by atoms with Crippen molar-refractivity contribution in [3.05, 3.63) is 24.0 Å². The van der Waals surface area contributed by atoms with Crippen molar-refractivity contribution in [1.29, 1.82) is 0 Å². The lowest BCUT2D eigenvalue weighted by atomic mass is 10.1. The number of carboxylic acids is 1. The van der Waals surface area contributed by atoms with Gasteiger partial charge in [-0.25, -0.2) is 0 Å². The molecular formula is C13H19N3O3. The molecule has 0 aliphatic rings. The molecule has 6 heteroatoms. The van der Waals surface area contributed by atoms with Crippen molar-refractivity contribution < 1.29 is 14.7 Å². The lowest BCUT2D eigenvalue weighted by Crippen LogP contribution is -2.25. The number of hydrogen-bond acceptors (Lipinski definition) is 4. The number of aliphatic carboxylic acids is 1. The Balaban J connectivity index is 2.75. The van der Waals surface area contributed by atoms with Crippen molar-refractivity contribution in [2.45, 2.75) is 32.7 Å². The van der Waals surface area contributed by atoms with E-state index in [1.165, 1.54) is 6.20 Å². The molecule has 1 unspecified atom stereocenters. The largest absolute Gasteiger partial charge is 0.481 e. The lowest BCUT2D eigenvalue weighted by Gasteiger charge is -2.16. The Morgan fingerprint density at radius 2 is 2.16 bits per heavy atom. The zero-order valence-corrected chi connectivity index (χ0v) is 11.1. The first-order valence-corrected chi connectivity index (χ1v) is 6.29. The molecule has 0 aromatic carbocycles. The molecule has 1 rings (SSSR count). The number of nitrogens with zero attached hydrogens (tertiary/aromatic N) is 1. The molecule has 0 aliphatic heterocycles. The zero-order chi connectivity index (χ0) is 14.3. The van der Waals surface area contributed by atoms with Crippen LogP contribution in [0.2, 0.25) is 0 Å². The first-order chi connectivity index (χ1) is 9.06. The minimum absolute atomic E-state index is 0.0370. The zero-order valence-electron chi connectivity index (χ0n) is 11.1. The van der Waals surface area contributed by atoms with Crippen molar-refractivity contribution >= 4 is 17.6 Å². The molecule has 3 N–H and O–H groups in total. The van der Waals surface area contributed by atoms with Crippen molar-refractivity contribution in [3.63, 3.8) is 0 Å². The molecular weight excluding hydrogens is 246 g/mol. The maximum atomic E-state index is 11.6. The molecule has 0 aliphatic carbocycles. The third-order valence-corrected chi connectivity index (χ3v) is 2.61. The molecule has 104 valence electrons. The van der Waals surface area contributed by atoms with E-state index in [2.05, 4.69) is 15.6 Å². The third kappa shape index (κ3) is 4.95. The van der Waals surface area contributed by atoms with Gasteiger partial charge >= 0.3 is 5.97 Å². The highest BCUT2D eigenvalue weighted by Gasteiger charge is 2.12. The van der Waals surface area contributed by atoms with E-state index in [0.29, 0.717) is 24.3 Å². The van der Waals surface area contributed by atoms with Crippen LogP contribution in [0.5, 0.6) is 0 Å². The first-order valence-electron chi connectivity index (χ1n) is 6.29. The van der Waals surface area contributed by atoms with E-state index in [1.54, 1.807) is 12.1 Å². The van der Waals surface area contributed by atoms with Crippen molar-refractivity contribution in [2.24, 2.45) is 0 Å². The van der Waals surface area contributed by atoms with Gasteiger partial charge in [0.15, 0.2) is 0 Å². The number of nitrogens with one attached hydrogen (secondary N) is 2. The Bertz CT molecular complexity index is 449. The summed E-state index contributed by atoms with van der Waals surface area (Å²) < 4.78 is 0. The van der Waals surface area contributed by atoms with E-state index in [0.717, 1.165) is 0 Å². The SMILES string of the molecule is CCNC(=O)c1cc(NC(CC)CC(=O)O)ccn1. The normalized spacial score (nSPS) is 11.7. The number of carboxylic acid groups (broad SMARTS) is 1. The Morgan fingerprint density at radius 1 is 1.42 bits per heavy atom. The maximum absolute atomic E-state index is 11.6. The topological polar surface area (TPSA) is 91.3 Å². The predicted octanol–water partition coefficient (Wildman–Crippen LogP) is 1.50. The van der Waals surface area contributed by atoms with Crippen LogP contribution in [0.25, 0.3) is 0 Å². The van der Waals surface area contributed by atoms with Crippen LogP contribution < -0.4 is 10.6 Å². The van der Waals surface area contributed by atoms with Gasteiger partial charge in [0.05, 0.1) is 6.42 Å². The van der Waals surface area contributed by atoms with E-state index < -0.39 is 5.97 Å². The molecule has 19 heavy (non-hydrogen) atoms. The van der Waals surface area contributed by atoms with Crippen LogP contribution in [0, 0.1) is 0 Å². The fraction of sp³-hybridized carbons (Fsp3) is 0.462. The van der Waals surface area contributed by atoms with Crippen LogP contribution in [0.3, 0.4) is 0 Å². The second-order valence-corrected chi connectivity index (χ2v) is 4.14. The van der Waals surface area contributed by atoms with Gasteiger partial charge in [-0.05, 0) is 25.5 Å². The third-order valence-electron chi connectivity index (χ3n) is 2.61. The number of aromatic nitrogens is 1. The van der Waals surface area contributed by atoms with Gasteiger partial charge in [-0.3, -0.25) is 14.6 Å².